The lowest BCUT2D eigenvalue weighted by molar-refractivity contribution is -0.145. The second-order valence-electron chi connectivity index (χ2n) is 10.9. The Bertz CT molecular complexity index is 908. The van der Waals surface area contributed by atoms with E-state index < -0.39 is 6.04 Å². The minimum atomic E-state index is -0.606. The van der Waals surface area contributed by atoms with Crippen molar-refractivity contribution in [3.8, 4) is 5.75 Å². The molecule has 0 saturated carbocycles. The molecule has 2 heterocycles. The molecule has 0 aliphatic carbocycles. The number of benzene rings is 1. The third-order valence-electron chi connectivity index (χ3n) is 6.73. The lowest BCUT2D eigenvalue weighted by Gasteiger charge is -2.32. The average molecular weight is 503 g/mol. The number of ether oxygens (including phenoxy) is 2. The Morgan fingerprint density at radius 2 is 1.92 bits per heavy atom. The monoisotopic (exact) mass is 502 g/mol. The summed E-state index contributed by atoms with van der Waals surface area (Å²) in [4.78, 5) is 45.6. The molecule has 36 heavy (non-hydrogen) atoms. The van der Waals surface area contributed by atoms with Gasteiger partial charge in [-0.3, -0.25) is 14.4 Å². The van der Waals surface area contributed by atoms with Crippen molar-refractivity contribution in [1.82, 2.24) is 20.0 Å². The molecule has 2 fully saturated rings. The molecular weight excluding hydrogens is 460 g/mol. The number of hydrogen-bond acceptors (Lipinski definition) is 6. The average Bonchev–Trinajstić information content (AvgIpc) is 3.08. The van der Waals surface area contributed by atoms with Gasteiger partial charge in [0.15, 0.2) is 0 Å². The molecule has 2 atom stereocenters. The zero-order valence-electron chi connectivity index (χ0n) is 22.4. The second-order valence-corrected chi connectivity index (χ2v) is 10.9. The van der Waals surface area contributed by atoms with Crippen molar-refractivity contribution in [1.29, 1.82) is 0 Å². The van der Waals surface area contributed by atoms with E-state index in [9.17, 15) is 14.4 Å². The van der Waals surface area contributed by atoms with Crippen molar-refractivity contribution in [2.24, 2.45) is 5.41 Å². The van der Waals surface area contributed by atoms with Crippen LogP contribution in [0, 0.1) is 5.41 Å². The van der Waals surface area contributed by atoms with Gasteiger partial charge in [0.1, 0.15) is 18.4 Å². The van der Waals surface area contributed by atoms with Crippen LogP contribution in [0.1, 0.15) is 45.6 Å². The maximum Gasteiger partial charge on any atom is 0.249 e. The minimum absolute atomic E-state index is 0.0153. The molecule has 0 spiro atoms. The van der Waals surface area contributed by atoms with Gasteiger partial charge in [-0.15, -0.1) is 0 Å². The first-order chi connectivity index (χ1) is 17.1. The van der Waals surface area contributed by atoms with E-state index in [0.29, 0.717) is 39.0 Å². The fraction of sp³-hybridized carbons (Fsp3) is 0.667. The molecule has 200 valence electrons. The van der Waals surface area contributed by atoms with Crippen LogP contribution in [0.15, 0.2) is 24.3 Å². The van der Waals surface area contributed by atoms with Gasteiger partial charge in [0, 0.05) is 46.3 Å². The zero-order valence-corrected chi connectivity index (χ0v) is 22.4. The summed E-state index contributed by atoms with van der Waals surface area (Å²) in [5.74, 6) is 0.467. The molecule has 2 aliphatic rings. The van der Waals surface area contributed by atoms with E-state index in [1.807, 2.05) is 54.8 Å². The molecular formula is C27H42N4O5. The molecule has 2 saturated heterocycles. The first-order valence-electron chi connectivity index (χ1n) is 12.8. The van der Waals surface area contributed by atoms with Crippen LogP contribution in [0.2, 0.25) is 0 Å². The quantitative estimate of drug-likeness (QED) is 0.584. The number of likely N-dealkylation sites (tertiary alicyclic amines) is 1. The van der Waals surface area contributed by atoms with Crippen LogP contribution in [0.25, 0.3) is 0 Å². The van der Waals surface area contributed by atoms with Gasteiger partial charge in [-0.05, 0) is 42.5 Å². The smallest absolute Gasteiger partial charge is 0.249 e. The number of nitrogens with zero attached hydrogens (tertiary/aromatic N) is 3. The van der Waals surface area contributed by atoms with Crippen LogP contribution < -0.4 is 10.1 Å². The lowest BCUT2D eigenvalue weighted by atomic mass is 9.91. The van der Waals surface area contributed by atoms with Crippen molar-refractivity contribution < 1.29 is 23.9 Å². The summed E-state index contributed by atoms with van der Waals surface area (Å²) >= 11 is 0. The first-order valence-corrected chi connectivity index (χ1v) is 12.8. The Morgan fingerprint density at radius 3 is 2.61 bits per heavy atom. The standard InChI is InChI=1S/C27H42N4O5/c1-27(2,3)16-24(32)30(17-20-8-6-9-22(14-20)36-5)21-15-23(31(18-21)25(33)19-35-4)26(34)29-12-7-10-28-11-13-29/h6,8-9,14,21,23,28H,7,10-13,15-19H2,1-5H3. The summed E-state index contributed by atoms with van der Waals surface area (Å²) < 4.78 is 10.5. The van der Waals surface area contributed by atoms with Crippen molar-refractivity contribution in [2.45, 2.75) is 58.7 Å². The first kappa shape index (κ1) is 27.9. The van der Waals surface area contributed by atoms with Gasteiger partial charge >= 0.3 is 0 Å². The molecule has 0 bridgehead atoms. The molecule has 9 heteroatoms. The van der Waals surface area contributed by atoms with Crippen molar-refractivity contribution in [3.05, 3.63) is 29.8 Å². The third kappa shape index (κ3) is 7.43. The van der Waals surface area contributed by atoms with Crippen LogP contribution in [0.4, 0.5) is 0 Å². The van der Waals surface area contributed by atoms with Crippen LogP contribution in [0.3, 0.4) is 0 Å². The Balaban J connectivity index is 1.89. The van der Waals surface area contributed by atoms with Crippen LogP contribution in [-0.2, 0) is 25.7 Å². The Labute approximate surface area is 215 Å². The predicted octanol–water partition coefficient (Wildman–Crippen LogP) is 1.90. The number of carbonyl (C=O) groups is 3. The van der Waals surface area contributed by atoms with Crippen molar-refractivity contribution in [3.63, 3.8) is 0 Å². The van der Waals surface area contributed by atoms with Crippen molar-refractivity contribution >= 4 is 17.7 Å². The normalized spacial score (nSPS) is 20.7. The van der Waals surface area contributed by atoms with Gasteiger partial charge in [0.2, 0.25) is 17.7 Å². The maximum atomic E-state index is 13.6. The highest BCUT2D eigenvalue weighted by Gasteiger charge is 2.44. The highest BCUT2D eigenvalue weighted by atomic mass is 16.5. The maximum absolute atomic E-state index is 13.6. The number of carbonyl (C=O) groups excluding carboxylic acids is 3. The van der Waals surface area contributed by atoms with E-state index >= 15 is 0 Å². The summed E-state index contributed by atoms with van der Waals surface area (Å²) in [6.45, 7) is 9.61. The fourth-order valence-corrected chi connectivity index (χ4v) is 4.98. The summed E-state index contributed by atoms with van der Waals surface area (Å²) in [6, 6.07) is 6.79. The van der Waals surface area contributed by atoms with Gasteiger partial charge in [-0.25, -0.2) is 0 Å². The van der Waals surface area contributed by atoms with Crippen LogP contribution >= 0.6 is 0 Å². The molecule has 2 aliphatic heterocycles. The molecule has 0 radical (unpaired) electrons. The minimum Gasteiger partial charge on any atom is -0.497 e. The number of rotatable bonds is 8. The topological polar surface area (TPSA) is 91.4 Å². The van der Waals surface area contributed by atoms with Crippen LogP contribution in [0.5, 0.6) is 5.75 Å². The lowest BCUT2D eigenvalue weighted by Crippen LogP contribution is -2.49. The van der Waals surface area contributed by atoms with Gasteiger partial charge in [0.25, 0.3) is 0 Å². The van der Waals surface area contributed by atoms with E-state index in [1.165, 1.54) is 7.11 Å². The highest BCUT2D eigenvalue weighted by Crippen LogP contribution is 2.29. The second kappa shape index (κ2) is 12.5. The Morgan fingerprint density at radius 1 is 1.14 bits per heavy atom. The predicted molar refractivity (Wildman–Crippen MR) is 137 cm³/mol. The SMILES string of the molecule is COCC(=O)N1CC(N(Cc2cccc(OC)c2)C(=O)CC(C)(C)C)CC1C(=O)N1CCCNCC1. The molecule has 1 N–H and O–H groups in total. The number of amides is 3. The zero-order chi connectivity index (χ0) is 26.3. The molecule has 0 aromatic heterocycles. The van der Waals surface area contributed by atoms with E-state index in [4.69, 9.17) is 9.47 Å². The summed E-state index contributed by atoms with van der Waals surface area (Å²) in [5.41, 5.74) is 0.752. The molecule has 1 aromatic rings. The van der Waals surface area contributed by atoms with E-state index in [2.05, 4.69) is 5.32 Å². The summed E-state index contributed by atoms with van der Waals surface area (Å²) in [5, 5.41) is 3.32. The fourth-order valence-electron chi connectivity index (χ4n) is 4.98. The molecule has 2 unspecified atom stereocenters. The molecule has 3 amide bonds. The van der Waals surface area contributed by atoms with E-state index in [0.717, 1.165) is 30.8 Å². The molecule has 1 aromatic carbocycles. The molecule has 3 rings (SSSR count). The van der Waals surface area contributed by atoms with Gasteiger partial charge in [-0.2, -0.15) is 0 Å². The summed E-state index contributed by atoms with van der Waals surface area (Å²) in [7, 11) is 3.09. The third-order valence-corrected chi connectivity index (χ3v) is 6.73. The van der Waals surface area contributed by atoms with Gasteiger partial charge in [0.05, 0.1) is 13.2 Å². The van der Waals surface area contributed by atoms with E-state index in [1.54, 1.807) is 12.0 Å². The Hall–Kier alpha value is -2.65. The number of nitrogens with one attached hydrogen (secondary N) is 1. The number of hydrogen-bond donors (Lipinski definition) is 1. The number of methoxy groups -OCH3 is 2. The largest absolute Gasteiger partial charge is 0.497 e. The highest BCUT2D eigenvalue weighted by molar-refractivity contribution is 5.89. The van der Waals surface area contributed by atoms with Gasteiger partial charge < -0.3 is 29.5 Å². The Kier molecular flexibility index (Phi) is 9.73. The van der Waals surface area contributed by atoms with Crippen LogP contribution in [-0.4, -0.2) is 98.1 Å². The summed E-state index contributed by atoms with van der Waals surface area (Å²) in [6.07, 6.45) is 1.66. The van der Waals surface area contributed by atoms with E-state index in [-0.39, 0.29) is 35.8 Å². The van der Waals surface area contributed by atoms with Gasteiger partial charge in [-0.1, -0.05) is 32.9 Å². The molecule has 9 nitrogen and oxygen atoms in total. The van der Waals surface area contributed by atoms with Crippen molar-refractivity contribution in [2.75, 3.05) is 53.6 Å².